The fraction of sp³-hybridized carbons (Fsp3) is 0.393. The fourth-order valence-electron chi connectivity index (χ4n) is 4.11. The van der Waals surface area contributed by atoms with E-state index in [0.717, 1.165) is 40.5 Å². The second kappa shape index (κ2) is 14.5. The first-order valence-electron chi connectivity index (χ1n) is 13.7. The van der Waals surface area contributed by atoms with Crippen molar-refractivity contribution in [3.63, 3.8) is 0 Å². The van der Waals surface area contributed by atoms with Crippen LogP contribution < -0.4 is 4.72 Å². The van der Waals surface area contributed by atoms with Gasteiger partial charge in [0.2, 0.25) is 5.28 Å². The Morgan fingerprint density at radius 1 is 1.09 bits per heavy atom. The summed E-state index contributed by atoms with van der Waals surface area (Å²) < 4.78 is 79.0. The predicted molar refractivity (Wildman–Crippen MR) is 155 cm³/mol. The molecule has 0 bridgehead atoms. The van der Waals surface area contributed by atoms with Crippen LogP contribution >= 0.6 is 0 Å². The van der Waals surface area contributed by atoms with E-state index < -0.39 is 58.8 Å². The molecule has 0 spiro atoms. The third kappa shape index (κ3) is 9.09. The maximum Gasteiger partial charge on any atom is 0.511 e. The number of hydrogen-bond donors (Lipinski definition) is 1. The van der Waals surface area contributed by atoms with Gasteiger partial charge in [-0.3, -0.25) is 4.79 Å². The van der Waals surface area contributed by atoms with E-state index in [-0.39, 0.29) is 21.2 Å². The van der Waals surface area contributed by atoms with Crippen molar-refractivity contribution in [2.45, 2.75) is 57.8 Å². The van der Waals surface area contributed by atoms with Crippen LogP contribution in [-0.2, 0) is 35.3 Å². The van der Waals surface area contributed by atoms with Gasteiger partial charge in [-0.1, -0.05) is 43.7 Å². The number of aryl methyl sites for hydroxylation is 1. The Kier molecular flexibility index (Phi) is 11.2. The van der Waals surface area contributed by atoms with Crippen LogP contribution in [0.4, 0.5) is 18.0 Å². The van der Waals surface area contributed by atoms with E-state index in [1.807, 2.05) is 11.6 Å². The average molecular weight is 671 g/mol. The van der Waals surface area contributed by atoms with Crippen LogP contribution in [0.5, 0.6) is 0 Å². The smallest absolute Gasteiger partial charge is 0.511 e. The van der Waals surface area contributed by atoms with Crippen LogP contribution in [0.2, 0.25) is 0 Å². The number of carbonyl (C=O) groups excluding carboxylic acids is 2. The van der Waals surface area contributed by atoms with Crippen molar-refractivity contribution < 1.29 is 50.5 Å². The Morgan fingerprint density at radius 3 is 2.24 bits per heavy atom. The minimum Gasteiger partial charge on any atom is -0.569 e. The number of hydrogen-bond acceptors (Lipinski definition) is 10. The number of benzene rings is 2. The number of amides is 1. The molecule has 0 aliphatic rings. The molecule has 0 aliphatic heterocycles. The van der Waals surface area contributed by atoms with Crippen molar-refractivity contribution in [2.75, 3.05) is 13.8 Å². The molecule has 14 nitrogen and oxygen atoms in total. The van der Waals surface area contributed by atoms with Crippen LogP contribution in [-0.4, -0.2) is 66.2 Å². The topological polar surface area (TPSA) is 167 Å². The maximum absolute atomic E-state index is 13.5. The number of hydrazine groups is 1. The van der Waals surface area contributed by atoms with Gasteiger partial charge in [-0.15, -0.1) is 5.01 Å². The zero-order valence-corrected chi connectivity index (χ0v) is 26.5. The number of halogens is 3. The van der Waals surface area contributed by atoms with E-state index in [0.29, 0.717) is 5.56 Å². The summed E-state index contributed by atoms with van der Waals surface area (Å²) in [5.74, 6) is -1.70. The molecule has 1 atom stereocenters. The molecule has 18 heteroatoms. The highest BCUT2D eigenvalue weighted by molar-refractivity contribution is 7.90. The van der Waals surface area contributed by atoms with Gasteiger partial charge in [0.05, 0.1) is 34.4 Å². The summed E-state index contributed by atoms with van der Waals surface area (Å²) in [6, 6.07) is 10.9. The minimum absolute atomic E-state index is 0.123. The van der Waals surface area contributed by atoms with Gasteiger partial charge in [0.25, 0.3) is 22.7 Å². The lowest BCUT2D eigenvalue weighted by Gasteiger charge is -2.25. The number of alkyl halides is 3. The second-order valence-electron chi connectivity index (χ2n) is 10.6. The molecule has 3 rings (SSSR count). The highest BCUT2D eigenvalue weighted by atomic mass is 32.2. The third-order valence-corrected chi connectivity index (χ3v) is 7.60. The quantitative estimate of drug-likeness (QED) is 0.0695. The number of likely N-dealkylation sites (N-methyl/N-ethyl adjacent to an activating group) is 1. The van der Waals surface area contributed by atoms with Gasteiger partial charge in [-0.05, 0) is 57.0 Å². The van der Waals surface area contributed by atoms with Crippen molar-refractivity contribution in [1.82, 2.24) is 19.5 Å². The lowest BCUT2D eigenvalue weighted by molar-refractivity contribution is -0.712. The number of sulfonamides is 1. The molecule has 0 saturated heterocycles. The summed E-state index contributed by atoms with van der Waals surface area (Å²) in [7, 11) is -3.35. The number of rotatable bonds is 12. The Labute approximate surface area is 262 Å². The highest BCUT2D eigenvalue weighted by Gasteiger charge is 2.36. The summed E-state index contributed by atoms with van der Waals surface area (Å²) in [5, 5.41) is 20.0. The number of carbonyl (C=O) groups is 2. The molecule has 0 unspecified atom stereocenters. The van der Waals surface area contributed by atoms with Gasteiger partial charge in [0.15, 0.2) is 11.7 Å². The lowest BCUT2D eigenvalue weighted by Crippen LogP contribution is -2.51. The molecule has 1 aromatic heterocycles. The summed E-state index contributed by atoms with van der Waals surface area (Å²) in [6.45, 7) is 7.33. The van der Waals surface area contributed by atoms with E-state index >= 15 is 0 Å². The molecule has 2 aromatic carbocycles. The van der Waals surface area contributed by atoms with Crippen molar-refractivity contribution in [1.29, 1.82) is 0 Å². The number of nitrogens with one attached hydrogen (secondary N) is 1. The molecule has 1 N–H and O–H groups in total. The van der Waals surface area contributed by atoms with E-state index in [4.69, 9.17) is 4.74 Å². The molecule has 0 aliphatic carbocycles. The van der Waals surface area contributed by atoms with Crippen LogP contribution in [0.3, 0.4) is 0 Å². The third-order valence-electron chi connectivity index (χ3n) is 6.24. The maximum atomic E-state index is 13.5. The normalized spacial score (nSPS) is 13.0. The SMILES string of the molecule is Cc1ccc(-c2cc(C(F)(F)F)nn2-c2ccc(S(=O)(=O)NC(=O)[C@H](C(C)C)N(C)[N+]([O-])=NOCOC(=O)OC(C)C)cc2)cc1. The molecule has 0 saturated carbocycles. The number of nitrogens with zero attached hydrogens (tertiary/aromatic N) is 5. The van der Waals surface area contributed by atoms with E-state index in [1.54, 1.807) is 52.0 Å². The average Bonchev–Trinajstić information content (AvgIpc) is 3.41. The van der Waals surface area contributed by atoms with Crippen molar-refractivity contribution in [2.24, 2.45) is 11.2 Å². The standard InChI is InChI=1S/C28H33F3N6O8S/c1-17(2)25(35(6)37(40)34-44-16-43-27(39)45-18(3)4)26(38)33-46(41,42)22-13-11-21(12-14-22)36-23(15-24(32-36)28(29,30)31)20-9-7-19(5)8-10-20/h7-15,17-18,25H,16H2,1-6H3,(H,33,38)/t25-/m0/s1. The van der Waals surface area contributed by atoms with Crippen LogP contribution in [0.1, 0.15) is 39.0 Å². The number of aromatic nitrogens is 2. The van der Waals surface area contributed by atoms with E-state index in [9.17, 15) is 36.4 Å². The van der Waals surface area contributed by atoms with Crippen LogP contribution in [0.25, 0.3) is 16.9 Å². The summed E-state index contributed by atoms with van der Waals surface area (Å²) in [5.41, 5.74) is 0.460. The largest absolute Gasteiger partial charge is 0.569 e. The van der Waals surface area contributed by atoms with Crippen molar-refractivity contribution in [3.8, 4) is 16.9 Å². The van der Waals surface area contributed by atoms with Gasteiger partial charge in [0, 0.05) is 5.56 Å². The van der Waals surface area contributed by atoms with Gasteiger partial charge < -0.3 is 19.5 Å². The molecule has 1 amide bonds. The molecule has 1 heterocycles. The molecule has 0 radical (unpaired) electrons. The first-order valence-corrected chi connectivity index (χ1v) is 15.2. The van der Waals surface area contributed by atoms with Crippen molar-refractivity contribution in [3.05, 3.63) is 71.1 Å². The zero-order chi connectivity index (χ0) is 34.4. The number of ether oxygens (including phenoxy) is 2. The van der Waals surface area contributed by atoms with E-state index in [2.05, 4.69) is 20.0 Å². The van der Waals surface area contributed by atoms with Crippen molar-refractivity contribution >= 4 is 22.1 Å². The Hall–Kier alpha value is -4.87. The monoisotopic (exact) mass is 670 g/mol. The van der Waals surface area contributed by atoms with Crippen LogP contribution in [0, 0.1) is 18.0 Å². The van der Waals surface area contributed by atoms with Gasteiger partial charge >= 0.3 is 12.3 Å². The molecule has 3 aromatic rings. The lowest BCUT2D eigenvalue weighted by atomic mass is 10.0. The first-order chi connectivity index (χ1) is 21.4. The Balaban J connectivity index is 1.79. The summed E-state index contributed by atoms with van der Waals surface area (Å²) >= 11 is 0. The fourth-order valence-corrected chi connectivity index (χ4v) is 5.10. The molecule has 46 heavy (non-hydrogen) atoms. The molecular formula is C28H33F3N6O8S. The molecule has 0 fully saturated rings. The predicted octanol–water partition coefficient (Wildman–Crippen LogP) is 4.96. The molecular weight excluding hydrogens is 637 g/mol. The van der Waals surface area contributed by atoms with Gasteiger partial charge in [-0.2, -0.15) is 18.3 Å². The first kappa shape index (κ1) is 35.6. The van der Waals surface area contributed by atoms with Gasteiger partial charge in [-0.25, -0.2) is 22.6 Å². The summed E-state index contributed by atoms with van der Waals surface area (Å²) in [6.07, 6.45) is -6.24. The highest BCUT2D eigenvalue weighted by Crippen LogP contribution is 2.33. The second-order valence-corrected chi connectivity index (χ2v) is 12.2. The minimum atomic E-state index is -4.73. The van der Waals surface area contributed by atoms with E-state index in [1.165, 1.54) is 12.1 Å². The summed E-state index contributed by atoms with van der Waals surface area (Å²) in [4.78, 5) is 28.5. The molecule has 250 valence electrons. The van der Waals surface area contributed by atoms with Gasteiger partial charge in [0.1, 0.15) is 0 Å². The Morgan fingerprint density at radius 2 is 1.70 bits per heavy atom. The zero-order valence-electron chi connectivity index (χ0n) is 25.7. The Bertz CT molecular complexity index is 1660. The van der Waals surface area contributed by atoms with Crippen LogP contribution in [0.15, 0.2) is 64.8 Å².